The zero-order valence-electron chi connectivity index (χ0n) is 41.8. The molecule has 2 aromatic heterocycles. The molecule has 0 N–H and O–H groups in total. The summed E-state index contributed by atoms with van der Waals surface area (Å²) in [5, 5.41) is 0.734. The van der Waals surface area contributed by atoms with Crippen LogP contribution in [0.5, 0.6) is 23.0 Å². The molecular weight excluding hydrogens is 971 g/mol. The molecule has 2 unspecified atom stereocenters. The van der Waals surface area contributed by atoms with E-state index in [9.17, 15) is 40.7 Å². The highest BCUT2D eigenvalue weighted by atomic mass is 32.1. The average Bonchev–Trinajstić information content (AvgIpc) is 3.21. The Balaban J connectivity index is 1.26. The molecule has 72 heavy (non-hydrogen) atoms. The highest BCUT2D eigenvalue weighted by molar-refractivity contribution is 7.81. The Morgan fingerprint density at radius 1 is 0.597 bits per heavy atom. The van der Waals surface area contributed by atoms with Gasteiger partial charge in [-0.2, -0.15) is 0 Å². The molecule has 0 amide bonds. The maximum Gasteiger partial charge on any atom is 0.573 e. The van der Waals surface area contributed by atoms with E-state index >= 15 is 0 Å². The molecule has 11 nitrogen and oxygen atoms in total. The largest absolute Gasteiger partial charge is 0.573 e. The number of carbonyl (C=O) groups excluding carboxylic acids is 1. The lowest BCUT2D eigenvalue weighted by atomic mass is 9.72. The van der Waals surface area contributed by atoms with Crippen LogP contribution in [0.25, 0.3) is 44.2 Å². The van der Waals surface area contributed by atoms with Crippen molar-refractivity contribution in [2.24, 2.45) is 16.7 Å². The summed E-state index contributed by atoms with van der Waals surface area (Å²) in [6.45, 7) is 20.1. The van der Waals surface area contributed by atoms with Crippen LogP contribution in [0.15, 0.2) is 103 Å². The van der Waals surface area contributed by atoms with Crippen molar-refractivity contribution in [3.63, 3.8) is 0 Å². The lowest BCUT2D eigenvalue weighted by Crippen LogP contribution is -2.44. The fourth-order valence-electron chi connectivity index (χ4n) is 8.28. The Bertz CT molecular complexity index is 2880. The predicted molar refractivity (Wildman–Crippen MR) is 264 cm³/mol. The lowest BCUT2D eigenvalue weighted by molar-refractivity contribution is -0.275. The first kappa shape index (κ1) is 55.2. The quantitative estimate of drug-likeness (QED) is 0.0308. The van der Waals surface area contributed by atoms with Gasteiger partial charge in [-0.1, -0.05) is 65.8 Å². The van der Waals surface area contributed by atoms with Gasteiger partial charge in [0.1, 0.15) is 64.0 Å². The maximum atomic E-state index is 13.8. The highest BCUT2D eigenvalue weighted by Crippen LogP contribution is 2.41. The number of halogens is 6. The van der Waals surface area contributed by atoms with Gasteiger partial charge in [-0.3, -0.25) is 4.79 Å². The van der Waals surface area contributed by atoms with E-state index in [0.717, 1.165) is 0 Å². The van der Waals surface area contributed by atoms with E-state index in [2.05, 4.69) is 30.2 Å². The SMILES string of the molecule is Cc1ccc(-c2cc3ccc(OCC(COc4ccc5cc(-c6ccc(C)cc6OC(F)(F)F)c(=O)oc5c4)OC(C)(S)CC(C)(C)OC(=O)C(CC(C)(C)C)C(C)(C)C)cc3oc2=O)c(OC(F)(F)F)c1. The van der Waals surface area contributed by atoms with Crippen LogP contribution in [-0.4, -0.2) is 48.5 Å². The first-order chi connectivity index (χ1) is 33.1. The number of fused-ring (bicyclic) bond motifs is 2. The molecule has 6 aromatic rings. The second-order valence-electron chi connectivity index (χ2n) is 21.0. The Morgan fingerprint density at radius 2 is 1.03 bits per heavy atom. The van der Waals surface area contributed by atoms with Crippen molar-refractivity contribution in [2.75, 3.05) is 13.2 Å². The number of carbonyl (C=O) groups is 1. The Kier molecular flexibility index (Phi) is 15.9. The number of aryl methyl sites for hydroxylation is 2. The summed E-state index contributed by atoms with van der Waals surface area (Å²) < 4.78 is 125. The predicted octanol–water partition coefficient (Wildman–Crippen LogP) is 13.9. The van der Waals surface area contributed by atoms with E-state index < -0.39 is 63.4 Å². The van der Waals surface area contributed by atoms with Gasteiger partial charge in [0, 0.05) is 40.5 Å². The third-order valence-corrected chi connectivity index (χ3v) is 11.6. The Morgan fingerprint density at radius 3 is 1.42 bits per heavy atom. The number of hydrogen-bond donors (Lipinski definition) is 1. The minimum absolute atomic E-state index is 0.0651. The zero-order chi connectivity index (χ0) is 53.4. The molecule has 388 valence electrons. The van der Waals surface area contributed by atoms with Gasteiger partial charge >= 0.3 is 29.9 Å². The van der Waals surface area contributed by atoms with Crippen molar-refractivity contribution in [1.82, 2.24) is 0 Å². The summed E-state index contributed by atoms with van der Waals surface area (Å²) in [6, 6.07) is 20.0. The second kappa shape index (κ2) is 20.8. The monoisotopic (exact) mass is 1030 g/mol. The summed E-state index contributed by atoms with van der Waals surface area (Å²) in [4.78, 5) is 39.1. The van der Waals surface area contributed by atoms with E-state index in [4.69, 9.17) is 40.4 Å². The molecule has 0 aliphatic rings. The molecular formula is C54H58F6O11S. The molecule has 0 bridgehead atoms. The summed E-state index contributed by atoms with van der Waals surface area (Å²) in [6.07, 6.45) is -10.3. The molecule has 0 saturated heterocycles. The van der Waals surface area contributed by atoms with Crippen molar-refractivity contribution < 1.29 is 68.4 Å². The van der Waals surface area contributed by atoms with Crippen LogP contribution in [0.4, 0.5) is 26.3 Å². The number of esters is 1. The van der Waals surface area contributed by atoms with Crippen LogP contribution in [0.1, 0.15) is 86.3 Å². The number of thiol groups is 1. The summed E-state index contributed by atoms with van der Waals surface area (Å²) in [5.74, 6) is -1.47. The van der Waals surface area contributed by atoms with Gasteiger partial charge < -0.3 is 37.3 Å². The van der Waals surface area contributed by atoms with Crippen molar-refractivity contribution in [2.45, 2.75) is 118 Å². The van der Waals surface area contributed by atoms with Crippen LogP contribution in [0, 0.1) is 30.6 Å². The lowest BCUT2D eigenvalue weighted by Gasteiger charge is -2.39. The molecule has 4 aromatic carbocycles. The van der Waals surface area contributed by atoms with Crippen molar-refractivity contribution in [3.05, 3.63) is 117 Å². The van der Waals surface area contributed by atoms with E-state index in [1.807, 2.05) is 20.8 Å². The molecule has 0 spiro atoms. The minimum atomic E-state index is -5.01. The van der Waals surface area contributed by atoms with E-state index in [-0.39, 0.29) is 75.9 Å². The van der Waals surface area contributed by atoms with Crippen LogP contribution < -0.4 is 30.2 Å². The first-order valence-electron chi connectivity index (χ1n) is 22.9. The molecule has 6 rings (SSSR count). The van der Waals surface area contributed by atoms with E-state index in [0.29, 0.717) is 28.3 Å². The normalized spacial score (nSPS) is 14.0. The summed E-state index contributed by atoms with van der Waals surface area (Å²) in [5.41, 5.74) is -2.95. The Hall–Kier alpha value is -6.14. The molecule has 2 heterocycles. The fourth-order valence-corrected chi connectivity index (χ4v) is 8.81. The van der Waals surface area contributed by atoms with Crippen LogP contribution >= 0.6 is 12.6 Å². The van der Waals surface area contributed by atoms with Crippen LogP contribution in [0.3, 0.4) is 0 Å². The average molecular weight is 1030 g/mol. The van der Waals surface area contributed by atoms with Crippen molar-refractivity contribution >= 4 is 40.5 Å². The molecule has 0 saturated carbocycles. The molecule has 2 atom stereocenters. The number of benzene rings is 4. The summed E-state index contributed by atoms with van der Waals surface area (Å²) in [7, 11) is 0. The second-order valence-corrected chi connectivity index (χ2v) is 21.9. The molecule has 0 aliphatic heterocycles. The zero-order valence-corrected chi connectivity index (χ0v) is 42.7. The molecule has 0 fully saturated rings. The summed E-state index contributed by atoms with van der Waals surface area (Å²) >= 11 is 4.88. The van der Waals surface area contributed by atoms with Gasteiger partial charge in [-0.05, 0) is 112 Å². The van der Waals surface area contributed by atoms with Crippen molar-refractivity contribution in [3.8, 4) is 45.3 Å². The number of ether oxygens (including phenoxy) is 6. The Labute approximate surface area is 418 Å². The van der Waals surface area contributed by atoms with Gasteiger partial charge in [0.25, 0.3) is 0 Å². The number of hydrogen-bond acceptors (Lipinski definition) is 12. The molecule has 0 aliphatic carbocycles. The standard InChI is InChI=1S/C54H58F6O11S/c1-30-12-18-37(44(20-30)69-53(55,56)57)39-22-32-14-16-34(24-42(32)66-46(39)61)64-27-36(68-52(11,72)29-51(9,10)71-48(63)41(50(6,7)8)26-49(3,4)5)28-65-35-17-15-33-23-40(47(62)67-43(33)25-35)38-19-13-31(2)21-45(38)70-54(58,59)60/h12-25,36,41,72H,26-29H2,1-11H3. The van der Waals surface area contributed by atoms with E-state index in [1.54, 1.807) is 71.0 Å². The van der Waals surface area contributed by atoms with Gasteiger partial charge in [-0.15, -0.1) is 39.0 Å². The van der Waals surface area contributed by atoms with E-state index in [1.165, 1.54) is 48.5 Å². The number of alkyl halides is 6. The van der Waals surface area contributed by atoms with Gasteiger partial charge in [0.15, 0.2) is 0 Å². The third-order valence-electron chi connectivity index (χ3n) is 11.3. The third kappa shape index (κ3) is 15.2. The smallest absolute Gasteiger partial charge is 0.491 e. The molecule has 18 heteroatoms. The first-order valence-corrected chi connectivity index (χ1v) is 23.4. The van der Waals surface area contributed by atoms with Gasteiger partial charge in [-0.25, -0.2) is 9.59 Å². The van der Waals surface area contributed by atoms with Crippen LogP contribution in [-0.2, 0) is 14.3 Å². The van der Waals surface area contributed by atoms with Gasteiger partial charge in [0.2, 0.25) is 0 Å². The highest BCUT2D eigenvalue weighted by Gasteiger charge is 2.41. The number of rotatable bonds is 17. The van der Waals surface area contributed by atoms with Crippen LogP contribution in [0.2, 0.25) is 0 Å². The maximum absolute atomic E-state index is 13.8. The molecule has 0 radical (unpaired) electrons. The fraction of sp³-hybridized carbons (Fsp3) is 0.426. The topological polar surface area (TPSA) is 133 Å². The van der Waals surface area contributed by atoms with Crippen molar-refractivity contribution in [1.29, 1.82) is 0 Å². The minimum Gasteiger partial charge on any atom is -0.491 e. The van der Waals surface area contributed by atoms with Gasteiger partial charge in [0.05, 0.1) is 17.0 Å².